The number of nitrogens with one attached hydrogen (secondary N) is 1. The number of amides is 1. The van der Waals surface area contributed by atoms with Gasteiger partial charge in [-0.2, -0.15) is 0 Å². The van der Waals surface area contributed by atoms with Gasteiger partial charge in [0.05, 0.1) is 24.6 Å². The first-order valence-electron chi connectivity index (χ1n) is 9.17. The molecule has 9 heteroatoms. The van der Waals surface area contributed by atoms with Crippen LogP contribution in [0.1, 0.15) is 28.9 Å². The van der Waals surface area contributed by atoms with Gasteiger partial charge < -0.3 is 20.4 Å². The summed E-state index contributed by atoms with van der Waals surface area (Å²) < 4.78 is 33.3. The lowest BCUT2D eigenvalue weighted by Gasteiger charge is -2.35. The molecule has 0 radical (unpaired) electrons. The first-order valence-corrected chi connectivity index (χ1v) is 9.55. The molecule has 0 fully saturated rings. The number of pyridine rings is 1. The Hall–Kier alpha value is -2.81. The van der Waals surface area contributed by atoms with Crippen LogP contribution in [0, 0.1) is 11.6 Å². The molecule has 156 valence electrons. The van der Waals surface area contributed by atoms with Crippen molar-refractivity contribution in [1.82, 2.24) is 9.88 Å². The Morgan fingerprint density at radius 2 is 1.87 bits per heavy atom. The molecule has 2 atom stereocenters. The summed E-state index contributed by atoms with van der Waals surface area (Å²) in [6.45, 7) is 0.198. The molecule has 3 aromatic rings. The molecule has 30 heavy (non-hydrogen) atoms. The van der Waals surface area contributed by atoms with E-state index in [9.17, 15) is 18.4 Å². The van der Waals surface area contributed by atoms with E-state index >= 15 is 0 Å². The van der Waals surface area contributed by atoms with Gasteiger partial charge in [0.2, 0.25) is 5.91 Å². The van der Waals surface area contributed by atoms with Gasteiger partial charge in [-0.15, -0.1) is 0 Å². The predicted molar refractivity (Wildman–Crippen MR) is 108 cm³/mol. The van der Waals surface area contributed by atoms with Crippen LogP contribution in [0.3, 0.4) is 0 Å². The maximum Gasteiger partial charge on any atom is 0.256 e. The largest absolute Gasteiger partial charge is 0.373 e. The molecule has 3 N–H and O–H groups in total. The van der Waals surface area contributed by atoms with Crippen molar-refractivity contribution in [3.8, 4) is 0 Å². The molecule has 0 saturated heterocycles. The number of halogens is 3. The van der Waals surface area contributed by atoms with E-state index in [1.165, 1.54) is 4.90 Å². The fourth-order valence-corrected chi connectivity index (χ4v) is 3.86. The van der Waals surface area contributed by atoms with Crippen molar-refractivity contribution in [1.29, 1.82) is 0 Å². The van der Waals surface area contributed by atoms with Gasteiger partial charge in [-0.1, -0.05) is 23.7 Å². The molecule has 2 aromatic carbocycles. The zero-order valence-electron chi connectivity index (χ0n) is 15.9. The number of ether oxygens (including phenoxy) is 1. The summed E-state index contributed by atoms with van der Waals surface area (Å²) in [6, 6.07) is 6.83. The summed E-state index contributed by atoms with van der Waals surface area (Å²) in [6.07, 6.45) is 0. The molecule has 0 saturated carbocycles. The summed E-state index contributed by atoms with van der Waals surface area (Å²) >= 11 is 5.89. The molecule has 6 nitrogen and oxygen atoms in total. The van der Waals surface area contributed by atoms with Gasteiger partial charge in [0.1, 0.15) is 6.04 Å². The van der Waals surface area contributed by atoms with Gasteiger partial charge in [0.15, 0.2) is 11.6 Å². The highest BCUT2D eigenvalue weighted by molar-refractivity contribution is 6.30. The van der Waals surface area contributed by atoms with Crippen LogP contribution in [0.4, 0.5) is 8.78 Å². The lowest BCUT2D eigenvalue weighted by atomic mass is 9.94. The van der Waals surface area contributed by atoms with Crippen molar-refractivity contribution >= 4 is 28.3 Å². The summed E-state index contributed by atoms with van der Waals surface area (Å²) in [7, 11) is 1.55. The molecule has 0 spiro atoms. The zero-order chi connectivity index (χ0) is 21.6. The maximum absolute atomic E-state index is 14.0. The van der Waals surface area contributed by atoms with Gasteiger partial charge in [0, 0.05) is 23.3 Å². The number of likely N-dealkylation sites (N-methyl/N-ethyl adjacent to an activating group) is 1. The van der Waals surface area contributed by atoms with Crippen molar-refractivity contribution in [2.45, 2.75) is 18.7 Å². The van der Waals surface area contributed by atoms with E-state index in [-0.39, 0.29) is 24.0 Å². The molecule has 1 aromatic heterocycles. The molecule has 0 bridgehead atoms. The Labute approximate surface area is 175 Å². The molecule has 1 aliphatic rings. The van der Waals surface area contributed by atoms with E-state index in [2.05, 4.69) is 4.98 Å². The van der Waals surface area contributed by atoms with Crippen molar-refractivity contribution in [2.75, 3.05) is 13.7 Å². The third kappa shape index (κ3) is 3.47. The minimum atomic E-state index is -1.12. The number of aromatic amines is 1. The summed E-state index contributed by atoms with van der Waals surface area (Å²) in [4.78, 5) is 29.5. The number of H-pyrrole nitrogens is 1. The Morgan fingerprint density at radius 1 is 1.23 bits per heavy atom. The second-order valence-electron chi connectivity index (χ2n) is 7.17. The number of hydrogen-bond donors (Lipinski definition) is 2. The van der Waals surface area contributed by atoms with Gasteiger partial charge in [-0.3, -0.25) is 9.59 Å². The Bertz CT molecular complexity index is 1200. The third-order valence-corrected chi connectivity index (χ3v) is 5.60. The number of hydrogen-bond acceptors (Lipinski definition) is 4. The third-order valence-electron chi connectivity index (χ3n) is 5.35. The molecule has 0 unspecified atom stereocenters. The zero-order valence-corrected chi connectivity index (χ0v) is 16.7. The highest BCUT2D eigenvalue weighted by Gasteiger charge is 2.33. The Kier molecular flexibility index (Phi) is 5.31. The number of nitrogens with two attached hydrogens (primary N) is 1. The minimum Gasteiger partial charge on any atom is -0.373 e. The Balaban J connectivity index is 1.77. The normalized spacial score (nSPS) is 16.9. The van der Waals surface area contributed by atoms with Gasteiger partial charge in [0.25, 0.3) is 5.56 Å². The van der Waals surface area contributed by atoms with E-state index in [1.54, 1.807) is 31.3 Å². The lowest BCUT2D eigenvalue weighted by molar-refractivity contribution is -0.135. The smallest absolute Gasteiger partial charge is 0.256 e. The fourth-order valence-electron chi connectivity index (χ4n) is 3.73. The van der Waals surface area contributed by atoms with Crippen LogP contribution in [0.15, 0.2) is 41.2 Å². The molecule has 2 heterocycles. The number of carbonyl (C=O) groups excluding carboxylic acids is 1. The molecular formula is C21H18ClF2N3O3. The van der Waals surface area contributed by atoms with Gasteiger partial charge in [-0.05, 0) is 35.2 Å². The van der Waals surface area contributed by atoms with Crippen LogP contribution in [-0.4, -0.2) is 29.4 Å². The average Bonchev–Trinajstić information content (AvgIpc) is 2.73. The van der Waals surface area contributed by atoms with Crippen LogP contribution < -0.4 is 11.3 Å². The number of carbonyl (C=O) groups is 1. The summed E-state index contributed by atoms with van der Waals surface area (Å²) in [5.74, 6) is -2.60. The van der Waals surface area contributed by atoms with Crippen LogP contribution in [0.2, 0.25) is 5.02 Å². The summed E-state index contributed by atoms with van der Waals surface area (Å²) in [5, 5.41) is 0.758. The SMILES string of the molecule is CN(C(=O)[C@@H](N)c1ccc(Cl)cc1)[C@H]1COCc2[nH]c(=O)c3cc(F)c(F)cc3c21. The number of benzene rings is 2. The highest BCUT2D eigenvalue weighted by Crippen LogP contribution is 2.34. The second-order valence-corrected chi connectivity index (χ2v) is 7.60. The van der Waals surface area contributed by atoms with Crippen LogP contribution in [0.5, 0.6) is 0 Å². The quantitative estimate of drug-likeness (QED) is 0.664. The first-order chi connectivity index (χ1) is 14.3. The Morgan fingerprint density at radius 3 is 2.53 bits per heavy atom. The molecular weight excluding hydrogens is 416 g/mol. The van der Waals surface area contributed by atoms with Gasteiger partial charge in [-0.25, -0.2) is 8.78 Å². The number of aromatic nitrogens is 1. The predicted octanol–water partition coefficient (Wildman–Crippen LogP) is 3.19. The van der Waals surface area contributed by atoms with E-state index in [0.29, 0.717) is 21.8 Å². The summed E-state index contributed by atoms with van der Waals surface area (Å²) in [5.41, 5.74) is 7.09. The molecule has 4 rings (SSSR count). The second kappa shape index (κ2) is 7.79. The first kappa shape index (κ1) is 20.5. The monoisotopic (exact) mass is 433 g/mol. The van der Waals surface area contributed by atoms with E-state index < -0.39 is 35.2 Å². The van der Waals surface area contributed by atoms with E-state index in [0.717, 1.165) is 12.1 Å². The van der Waals surface area contributed by atoms with Crippen molar-refractivity contribution < 1.29 is 18.3 Å². The fraction of sp³-hybridized carbons (Fsp3) is 0.238. The van der Waals surface area contributed by atoms with E-state index in [1.807, 2.05) is 0 Å². The van der Waals surface area contributed by atoms with Crippen LogP contribution in [0.25, 0.3) is 10.8 Å². The molecule has 0 aliphatic carbocycles. The standard InChI is InChI=1S/C21H18ClF2N3O3/c1-27(21(29)19(25)10-2-4-11(22)5-3-10)17-9-30-8-16-18(17)12-6-14(23)15(24)7-13(12)20(28)26-16/h2-7,17,19H,8-9,25H2,1H3,(H,26,28)/t17-,19-/m0/s1. The van der Waals surface area contributed by atoms with Gasteiger partial charge >= 0.3 is 0 Å². The molecule has 1 aliphatic heterocycles. The highest BCUT2D eigenvalue weighted by atomic mass is 35.5. The lowest BCUT2D eigenvalue weighted by Crippen LogP contribution is -2.42. The topological polar surface area (TPSA) is 88.4 Å². The van der Waals surface area contributed by atoms with Crippen LogP contribution >= 0.6 is 11.6 Å². The van der Waals surface area contributed by atoms with Crippen molar-refractivity contribution in [3.63, 3.8) is 0 Å². The average molecular weight is 434 g/mol. The van der Waals surface area contributed by atoms with Crippen molar-refractivity contribution in [2.24, 2.45) is 5.73 Å². The number of rotatable bonds is 3. The van der Waals surface area contributed by atoms with Crippen molar-refractivity contribution in [3.05, 3.63) is 80.2 Å². The maximum atomic E-state index is 14.0. The minimum absolute atomic E-state index is 0.00222. The molecule has 1 amide bonds. The van der Waals surface area contributed by atoms with E-state index in [4.69, 9.17) is 22.1 Å². The number of nitrogens with zero attached hydrogens (tertiary/aromatic N) is 1. The number of fused-ring (bicyclic) bond motifs is 3. The van der Waals surface area contributed by atoms with Crippen LogP contribution in [-0.2, 0) is 16.1 Å².